The fraction of sp³-hybridized carbons (Fsp3) is 0.745. The van der Waals surface area contributed by atoms with Crippen LogP contribution in [0.5, 0.6) is 0 Å². The highest BCUT2D eigenvalue weighted by atomic mass is 16.6. The third-order valence-electron chi connectivity index (χ3n) is 10.0. The van der Waals surface area contributed by atoms with Crippen molar-refractivity contribution in [2.24, 2.45) is 0 Å². The van der Waals surface area contributed by atoms with Crippen LogP contribution < -0.4 is 0 Å². The van der Waals surface area contributed by atoms with Gasteiger partial charge in [-0.2, -0.15) is 0 Å². The Morgan fingerprint density at radius 1 is 0.386 bits per heavy atom. The highest BCUT2D eigenvalue weighted by Gasteiger charge is 2.19. The van der Waals surface area contributed by atoms with Crippen LogP contribution in [0.15, 0.2) is 60.8 Å². The lowest BCUT2D eigenvalue weighted by atomic mass is 10.1. The molecule has 0 N–H and O–H groups in total. The minimum atomic E-state index is -0.814. The summed E-state index contributed by atoms with van der Waals surface area (Å²) in [6, 6.07) is 0. The zero-order valence-corrected chi connectivity index (χ0v) is 37.3. The molecule has 6 nitrogen and oxygen atoms in total. The van der Waals surface area contributed by atoms with Gasteiger partial charge in [-0.25, -0.2) is 0 Å². The second-order valence-corrected chi connectivity index (χ2v) is 15.6. The summed E-state index contributed by atoms with van der Waals surface area (Å²) in [5.74, 6) is -1.06. The summed E-state index contributed by atoms with van der Waals surface area (Å²) in [5.41, 5.74) is 0. The van der Waals surface area contributed by atoms with Crippen LogP contribution >= 0.6 is 0 Å². The fourth-order valence-electron chi connectivity index (χ4n) is 6.43. The van der Waals surface area contributed by atoms with E-state index < -0.39 is 12.1 Å². The van der Waals surface area contributed by atoms with Gasteiger partial charge in [0.05, 0.1) is 6.42 Å². The molecule has 0 saturated heterocycles. The Labute approximate surface area is 351 Å². The molecule has 0 aliphatic heterocycles. The van der Waals surface area contributed by atoms with Gasteiger partial charge in [-0.05, 0) is 83.5 Å². The normalized spacial score (nSPS) is 12.5. The lowest BCUT2D eigenvalue weighted by Gasteiger charge is -2.18. The first-order chi connectivity index (χ1) is 28.0. The number of ether oxygens (including phenoxy) is 3. The smallest absolute Gasteiger partial charge is 0.309 e. The molecule has 328 valence electrons. The third kappa shape index (κ3) is 44.1. The zero-order valence-electron chi connectivity index (χ0n) is 37.3. The van der Waals surface area contributed by atoms with Gasteiger partial charge < -0.3 is 14.2 Å². The number of unbranched alkanes of at least 4 members (excludes halogenated alkanes) is 22. The van der Waals surface area contributed by atoms with E-state index in [-0.39, 0.29) is 31.6 Å². The molecular weight excluding hydrogens is 709 g/mol. The Morgan fingerprint density at radius 2 is 0.754 bits per heavy atom. The molecule has 1 atom stereocenters. The lowest BCUT2D eigenvalue weighted by Crippen LogP contribution is -2.30. The van der Waals surface area contributed by atoms with Gasteiger partial charge in [0.2, 0.25) is 0 Å². The van der Waals surface area contributed by atoms with Gasteiger partial charge in [0.25, 0.3) is 0 Å². The molecule has 0 fully saturated rings. The van der Waals surface area contributed by atoms with Gasteiger partial charge in [0.1, 0.15) is 13.2 Å². The summed E-state index contributed by atoms with van der Waals surface area (Å²) in [7, 11) is 0. The molecule has 0 amide bonds. The van der Waals surface area contributed by atoms with E-state index in [1.54, 1.807) is 6.08 Å². The van der Waals surface area contributed by atoms with Crippen molar-refractivity contribution in [1.82, 2.24) is 0 Å². The van der Waals surface area contributed by atoms with Crippen molar-refractivity contribution in [3.8, 4) is 0 Å². The van der Waals surface area contributed by atoms with E-state index in [0.717, 1.165) is 77.0 Å². The Kier molecular flexibility index (Phi) is 43.5. The number of hydrogen-bond donors (Lipinski definition) is 0. The SMILES string of the molecule is CC/C=C\C/C=C\C/C=C\CC(=O)OCC(COC(=O)CCCCCCC/C=C\CCCCCCCCCCC)OC(=O)CCCCCCC/C=C\CCCCC. The number of esters is 3. The van der Waals surface area contributed by atoms with Crippen molar-refractivity contribution in [1.29, 1.82) is 0 Å². The van der Waals surface area contributed by atoms with Crippen LogP contribution in [-0.2, 0) is 28.6 Å². The second-order valence-electron chi connectivity index (χ2n) is 15.6. The van der Waals surface area contributed by atoms with E-state index in [2.05, 4.69) is 69.4 Å². The van der Waals surface area contributed by atoms with Crippen molar-refractivity contribution in [2.75, 3.05) is 13.2 Å². The Morgan fingerprint density at radius 3 is 1.25 bits per heavy atom. The number of allylic oxidation sites excluding steroid dienone is 9. The molecule has 0 heterocycles. The maximum atomic E-state index is 12.7. The standard InChI is InChI=1S/C51H88O6/c1-4-7-10-13-16-19-21-23-24-25-26-27-28-30-32-35-38-41-44-50(53)56-47-48(46-55-49(52)43-40-37-34-31-18-15-12-9-6-3)57-51(54)45-42-39-36-33-29-22-20-17-14-11-8-5-2/h9,12,17-18,20,26-27,31,37,40,48H,4-8,10-11,13-16,19,21-25,28-30,32-36,38-39,41-47H2,1-3H3/b12-9-,20-17-,27-26-,31-18-,40-37-. The summed E-state index contributed by atoms with van der Waals surface area (Å²) in [5, 5.41) is 0. The second kappa shape index (κ2) is 45.8. The molecule has 0 bridgehead atoms. The summed E-state index contributed by atoms with van der Waals surface area (Å²) in [4.78, 5) is 37.6. The average molecular weight is 797 g/mol. The zero-order chi connectivity index (χ0) is 41.5. The quantitative estimate of drug-likeness (QED) is 0.0265. The summed E-state index contributed by atoms with van der Waals surface area (Å²) in [6.45, 7) is 6.38. The number of carbonyl (C=O) groups is 3. The number of carbonyl (C=O) groups excluding carboxylic acids is 3. The predicted octanol–water partition coefficient (Wildman–Crippen LogP) is 15.3. The summed E-state index contributed by atoms with van der Waals surface area (Å²) < 4.78 is 16.6. The van der Waals surface area contributed by atoms with Crippen LogP contribution in [0.3, 0.4) is 0 Å². The maximum Gasteiger partial charge on any atom is 0.309 e. The predicted molar refractivity (Wildman–Crippen MR) is 242 cm³/mol. The van der Waals surface area contributed by atoms with E-state index >= 15 is 0 Å². The minimum Gasteiger partial charge on any atom is -0.462 e. The molecular formula is C51H88O6. The van der Waals surface area contributed by atoms with Crippen LogP contribution in [0, 0.1) is 0 Å². The molecule has 6 heteroatoms. The monoisotopic (exact) mass is 797 g/mol. The van der Waals surface area contributed by atoms with E-state index in [1.807, 2.05) is 6.08 Å². The molecule has 0 aliphatic carbocycles. The van der Waals surface area contributed by atoms with Crippen molar-refractivity contribution in [3.05, 3.63) is 60.8 Å². The van der Waals surface area contributed by atoms with Crippen molar-refractivity contribution in [2.45, 2.75) is 232 Å². The summed E-state index contributed by atoms with van der Waals surface area (Å²) >= 11 is 0. The molecule has 0 aromatic carbocycles. The molecule has 0 aromatic heterocycles. The van der Waals surface area contributed by atoms with Crippen molar-refractivity contribution < 1.29 is 28.6 Å². The Hall–Kier alpha value is -2.89. The lowest BCUT2D eigenvalue weighted by molar-refractivity contribution is -0.166. The first kappa shape index (κ1) is 54.1. The van der Waals surface area contributed by atoms with E-state index in [1.165, 1.54) is 109 Å². The largest absolute Gasteiger partial charge is 0.462 e. The highest BCUT2D eigenvalue weighted by molar-refractivity contribution is 5.72. The summed E-state index contributed by atoms with van der Waals surface area (Å²) in [6.07, 6.45) is 55.3. The first-order valence-electron chi connectivity index (χ1n) is 23.8. The van der Waals surface area contributed by atoms with Crippen LogP contribution in [0.1, 0.15) is 226 Å². The number of hydrogen-bond acceptors (Lipinski definition) is 6. The van der Waals surface area contributed by atoms with E-state index in [4.69, 9.17) is 14.2 Å². The van der Waals surface area contributed by atoms with Gasteiger partial charge in [0, 0.05) is 12.8 Å². The van der Waals surface area contributed by atoms with Crippen LogP contribution in [0.4, 0.5) is 0 Å². The topological polar surface area (TPSA) is 78.9 Å². The molecule has 0 aliphatic rings. The highest BCUT2D eigenvalue weighted by Crippen LogP contribution is 2.13. The van der Waals surface area contributed by atoms with Gasteiger partial charge in [0.15, 0.2) is 6.10 Å². The van der Waals surface area contributed by atoms with Crippen molar-refractivity contribution in [3.63, 3.8) is 0 Å². The third-order valence-corrected chi connectivity index (χ3v) is 10.0. The molecule has 0 radical (unpaired) electrons. The first-order valence-corrected chi connectivity index (χ1v) is 23.8. The van der Waals surface area contributed by atoms with Crippen LogP contribution in [-0.4, -0.2) is 37.2 Å². The Balaban J connectivity index is 4.37. The van der Waals surface area contributed by atoms with Gasteiger partial charge in [-0.15, -0.1) is 0 Å². The van der Waals surface area contributed by atoms with Crippen molar-refractivity contribution >= 4 is 17.9 Å². The molecule has 57 heavy (non-hydrogen) atoms. The maximum absolute atomic E-state index is 12.7. The average Bonchev–Trinajstić information content (AvgIpc) is 3.21. The Bertz CT molecular complexity index is 1050. The molecule has 0 spiro atoms. The van der Waals surface area contributed by atoms with E-state index in [9.17, 15) is 14.4 Å². The van der Waals surface area contributed by atoms with Gasteiger partial charge in [-0.1, -0.05) is 184 Å². The molecule has 0 aromatic rings. The van der Waals surface area contributed by atoms with E-state index in [0.29, 0.717) is 12.8 Å². The minimum absolute atomic E-state index is 0.109. The molecule has 0 rings (SSSR count). The van der Waals surface area contributed by atoms with Gasteiger partial charge >= 0.3 is 17.9 Å². The molecule has 0 saturated carbocycles. The fourth-order valence-corrected chi connectivity index (χ4v) is 6.43. The van der Waals surface area contributed by atoms with Gasteiger partial charge in [-0.3, -0.25) is 14.4 Å². The molecule has 1 unspecified atom stereocenters. The van der Waals surface area contributed by atoms with Crippen LogP contribution in [0.2, 0.25) is 0 Å². The van der Waals surface area contributed by atoms with Crippen LogP contribution in [0.25, 0.3) is 0 Å². The number of rotatable bonds is 42.